The molecule has 1 aromatic heterocycles. The molecule has 1 heterocycles. The molecule has 0 saturated heterocycles. The second-order valence-corrected chi connectivity index (χ2v) is 6.57. The third-order valence-corrected chi connectivity index (χ3v) is 4.20. The molecule has 0 saturated carbocycles. The molecule has 0 atom stereocenters. The van der Waals surface area contributed by atoms with E-state index in [2.05, 4.69) is 31.1 Å². The summed E-state index contributed by atoms with van der Waals surface area (Å²) < 4.78 is 0.917. The van der Waals surface area contributed by atoms with E-state index in [1.54, 1.807) is 30.5 Å². The van der Waals surface area contributed by atoms with Crippen molar-refractivity contribution in [3.63, 3.8) is 0 Å². The van der Waals surface area contributed by atoms with E-state index in [0.717, 1.165) is 15.2 Å². The Morgan fingerprint density at radius 1 is 1.08 bits per heavy atom. The normalized spacial score (nSPS) is 11.1. The topological polar surface area (TPSA) is 137 Å². The molecular formula is C18H16BrN7. The van der Waals surface area contributed by atoms with E-state index in [9.17, 15) is 0 Å². The number of fused-ring (bicyclic) bond motifs is 1. The first-order valence-corrected chi connectivity index (χ1v) is 8.49. The number of nitrogens with two attached hydrogens (primary N) is 2. The molecule has 0 aliphatic carbocycles. The van der Waals surface area contributed by atoms with Gasteiger partial charge in [0.15, 0.2) is 5.82 Å². The van der Waals surface area contributed by atoms with Gasteiger partial charge in [-0.2, -0.15) is 5.11 Å². The van der Waals surface area contributed by atoms with Gasteiger partial charge in [0.1, 0.15) is 5.69 Å². The highest BCUT2D eigenvalue weighted by Gasteiger charge is 2.07. The Labute approximate surface area is 158 Å². The van der Waals surface area contributed by atoms with Gasteiger partial charge >= 0.3 is 0 Å². The molecule has 0 spiro atoms. The first kappa shape index (κ1) is 17.7. The molecule has 0 aliphatic heterocycles. The summed E-state index contributed by atoms with van der Waals surface area (Å²) in [5.41, 5.74) is 13.4. The van der Waals surface area contributed by atoms with Crippen molar-refractivity contribution >= 4 is 55.4 Å². The van der Waals surface area contributed by atoms with Crippen LogP contribution in [0.5, 0.6) is 0 Å². The molecule has 26 heavy (non-hydrogen) atoms. The average molecular weight is 410 g/mol. The number of benzene rings is 2. The Morgan fingerprint density at radius 3 is 2.50 bits per heavy atom. The van der Waals surface area contributed by atoms with E-state index >= 15 is 0 Å². The zero-order chi connectivity index (χ0) is 18.7. The summed E-state index contributed by atoms with van der Waals surface area (Å²) >= 11 is 3.45. The number of hydrogen-bond donors (Lipinski definition) is 4. The summed E-state index contributed by atoms with van der Waals surface area (Å²) in [7, 11) is 0. The van der Waals surface area contributed by atoms with Crippen LogP contribution in [0.25, 0.3) is 10.8 Å². The van der Waals surface area contributed by atoms with Crippen LogP contribution in [0.3, 0.4) is 0 Å². The Kier molecular flexibility index (Phi) is 5.04. The van der Waals surface area contributed by atoms with E-state index in [4.69, 9.17) is 22.3 Å². The maximum absolute atomic E-state index is 7.90. The molecule has 0 aliphatic rings. The van der Waals surface area contributed by atoms with E-state index < -0.39 is 0 Å². The minimum atomic E-state index is -0.0381. The highest BCUT2D eigenvalue weighted by atomic mass is 79.9. The lowest BCUT2D eigenvalue weighted by atomic mass is 10.1. The molecule has 0 bridgehead atoms. The molecule has 130 valence electrons. The average Bonchev–Trinajstić information content (AvgIpc) is 2.60. The number of anilines is 1. The maximum atomic E-state index is 7.90. The number of pyridine rings is 1. The number of rotatable bonds is 5. The van der Waals surface area contributed by atoms with Gasteiger partial charge in [0.25, 0.3) is 0 Å². The van der Waals surface area contributed by atoms with Gasteiger partial charge in [0.05, 0.1) is 11.5 Å². The van der Waals surface area contributed by atoms with Crippen molar-refractivity contribution in [3.8, 4) is 0 Å². The quantitative estimate of drug-likeness (QED) is 0.276. The van der Waals surface area contributed by atoms with E-state index in [1.165, 1.54) is 0 Å². The fourth-order valence-corrected chi connectivity index (χ4v) is 2.78. The molecule has 3 rings (SSSR count). The summed E-state index contributed by atoms with van der Waals surface area (Å²) in [6.07, 6.45) is 1.82. The van der Waals surface area contributed by atoms with Crippen LogP contribution in [0.15, 0.2) is 63.4 Å². The van der Waals surface area contributed by atoms with Gasteiger partial charge < -0.3 is 16.9 Å². The molecule has 7 nitrogen and oxygen atoms in total. The number of nitrogens with zero attached hydrogens (tertiary/aromatic N) is 3. The highest BCUT2D eigenvalue weighted by molar-refractivity contribution is 9.10. The van der Waals surface area contributed by atoms with Gasteiger partial charge in [-0.15, -0.1) is 5.11 Å². The van der Waals surface area contributed by atoms with Crippen LogP contribution in [0.4, 0.5) is 17.2 Å². The predicted molar refractivity (Wildman–Crippen MR) is 108 cm³/mol. The minimum absolute atomic E-state index is 0.0381. The zero-order valence-corrected chi connectivity index (χ0v) is 15.3. The lowest BCUT2D eigenvalue weighted by Crippen LogP contribution is -2.15. The molecule has 3 aromatic rings. The van der Waals surface area contributed by atoms with Crippen LogP contribution in [0.1, 0.15) is 12.0 Å². The molecular weight excluding hydrogens is 394 g/mol. The van der Waals surface area contributed by atoms with Crippen LogP contribution in [-0.4, -0.2) is 16.5 Å². The molecule has 2 aromatic carbocycles. The summed E-state index contributed by atoms with van der Waals surface area (Å²) in [5, 5.41) is 25.4. The Balaban J connectivity index is 1.90. The summed E-state index contributed by atoms with van der Waals surface area (Å²) in [5.74, 6) is 0.267. The zero-order valence-electron chi connectivity index (χ0n) is 13.7. The highest BCUT2D eigenvalue weighted by Crippen LogP contribution is 2.33. The minimum Gasteiger partial charge on any atom is -0.387 e. The first-order valence-electron chi connectivity index (χ1n) is 7.70. The summed E-state index contributed by atoms with van der Waals surface area (Å²) in [6, 6.07) is 12.8. The maximum Gasteiger partial charge on any atom is 0.151 e. The van der Waals surface area contributed by atoms with Crippen molar-refractivity contribution in [2.75, 3.05) is 5.73 Å². The molecule has 0 radical (unpaired) electrons. The van der Waals surface area contributed by atoms with Crippen LogP contribution in [-0.2, 0) is 0 Å². The van der Waals surface area contributed by atoms with E-state index in [0.29, 0.717) is 22.8 Å². The van der Waals surface area contributed by atoms with Gasteiger partial charge in [-0.1, -0.05) is 34.1 Å². The molecule has 0 amide bonds. The van der Waals surface area contributed by atoms with Crippen molar-refractivity contribution < 1.29 is 0 Å². The SMILES string of the molecule is N=C(N)CC(=N)c1ccc(N=Nc2c(N)ncc3ccc(Br)cc23)cc1. The van der Waals surface area contributed by atoms with Crippen molar-refractivity contribution in [2.24, 2.45) is 16.0 Å². The standard InChI is InChI=1S/C18H16BrN7/c19-12-4-1-11-9-24-18(23)17(14(11)7-12)26-25-13-5-2-10(3-6-13)15(20)8-16(21)22/h1-7,9,20H,8H2,(H3,21,22)(H2,23,24). The number of azo groups is 1. The third kappa shape index (κ3) is 3.92. The van der Waals surface area contributed by atoms with Crippen LogP contribution in [0, 0.1) is 10.8 Å². The molecule has 8 heteroatoms. The monoisotopic (exact) mass is 409 g/mol. The number of nitrogen functional groups attached to an aromatic ring is 1. The van der Waals surface area contributed by atoms with Crippen molar-refractivity contribution in [2.45, 2.75) is 6.42 Å². The van der Waals surface area contributed by atoms with Gasteiger partial charge in [-0.25, -0.2) is 4.98 Å². The lowest BCUT2D eigenvalue weighted by Gasteiger charge is -2.05. The van der Waals surface area contributed by atoms with E-state index in [1.807, 2.05) is 18.2 Å². The molecule has 6 N–H and O–H groups in total. The largest absolute Gasteiger partial charge is 0.387 e. The van der Waals surface area contributed by atoms with Gasteiger partial charge in [-0.3, -0.25) is 5.41 Å². The second kappa shape index (κ2) is 7.40. The third-order valence-electron chi connectivity index (χ3n) is 3.70. The van der Waals surface area contributed by atoms with Gasteiger partial charge in [0.2, 0.25) is 0 Å². The van der Waals surface area contributed by atoms with Crippen LogP contribution in [0.2, 0.25) is 0 Å². The number of halogens is 1. The Hall–Kier alpha value is -3.13. The fraction of sp³-hybridized carbons (Fsp3) is 0.0556. The molecule has 0 unspecified atom stereocenters. The lowest BCUT2D eigenvalue weighted by molar-refractivity contribution is 1.22. The van der Waals surface area contributed by atoms with E-state index in [-0.39, 0.29) is 18.0 Å². The van der Waals surface area contributed by atoms with Crippen LogP contribution >= 0.6 is 15.9 Å². The van der Waals surface area contributed by atoms with Crippen LogP contribution < -0.4 is 11.5 Å². The second-order valence-electron chi connectivity index (χ2n) is 5.65. The molecule has 0 fully saturated rings. The van der Waals surface area contributed by atoms with Crippen molar-refractivity contribution in [3.05, 3.63) is 58.7 Å². The van der Waals surface area contributed by atoms with Crippen molar-refractivity contribution in [1.29, 1.82) is 10.8 Å². The Morgan fingerprint density at radius 2 is 1.81 bits per heavy atom. The number of amidine groups is 1. The van der Waals surface area contributed by atoms with Gasteiger partial charge in [0, 0.05) is 33.6 Å². The smallest absolute Gasteiger partial charge is 0.151 e. The predicted octanol–water partition coefficient (Wildman–Crippen LogP) is 4.69. The number of aromatic nitrogens is 1. The summed E-state index contributed by atoms with van der Waals surface area (Å²) in [6.45, 7) is 0. The first-order chi connectivity index (χ1) is 12.4. The number of hydrogen-bond acceptors (Lipinski definition) is 6. The number of nitrogens with one attached hydrogen (secondary N) is 2. The van der Waals surface area contributed by atoms with Crippen molar-refractivity contribution in [1.82, 2.24) is 4.98 Å². The fourth-order valence-electron chi connectivity index (χ4n) is 2.42. The summed E-state index contributed by atoms with van der Waals surface area (Å²) in [4.78, 5) is 4.16. The Bertz CT molecular complexity index is 1020. The van der Waals surface area contributed by atoms with Gasteiger partial charge in [-0.05, 0) is 29.8 Å².